The van der Waals surface area contributed by atoms with E-state index in [0.717, 1.165) is 45.4 Å². The normalized spacial score (nSPS) is 10.7. The Hall–Kier alpha value is -1.53. The molecule has 0 fully saturated rings. The fourth-order valence-corrected chi connectivity index (χ4v) is 2.89. The van der Waals surface area contributed by atoms with Crippen LogP contribution < -0.4 is 16.7 Å². The summed E-state index contributed by atoms with van der Waals surface area (Å²) < 4.78 is 11.3. The Bertz CT molecular complexity index is 916. The number of furan rings is 1. The molecule has 0 amide bonds. The van der Waals surface area contributed by atoms with E-state index in [2.05, 4.69) is 5.32 Å². The van der Waals surface area contributed by atoms with Gasteiger partial charge in [0.25, 0.3) is 0 Å². The molecule has 0 spiro atoms. The van der Waals surface area contributed by atoms with Crippen molar-refractivity contribution < 1.29 is 8.83 Å². The average molecular weight is 373 g/mol. The average Bonchev–Trinajstić information content (AvgIpc) is 2.78. The second-order valence-electron chi connectivity index (χ2n) is 5.61. The zero-order valence-electron chi connectivity index (χ0n) is 13.9. The number of nitrogens with two attached hydrogens (primary N) is 1. The summed E-state index contributed by atoms with van der Waals surface area (Å²) in [6.07, 6.45) is 0. The van der Waals surface area contributed by atoms with Gasteiger partial charge in [0, 0.05) is 47.6 Å². The summed E-state index contributed by atoms with van der Waals surface area (Å²) in [5.41, 5.74) is 9.48. The predicted octanol–water partition coefficient (Wildman–Crippen LogP) is 3.36. The van der Waals surface area contributed by atoms with Crippen molar-refractivity contribution in [1.82, 2.24) is 5.32 Å². The second kappa shape index (κ2) is 8.03. The lowest BCUT2D eigenvalue weighted by Gasteiger charge is -2.06. The first-order valence-electron chi connectivity index (χ1n) is 7.39. The minimum absolute atomic E-state index is 0. The van der Waals surface area contributed by atoms with E-state index in [0.29, 0.717) is 18.7 Å². The minimum atomic E-state index is -0.333. The number of halogens is 2. The van der Waals surface area contributed by atoms with E-state index in [1.54, 1.807) is 0 Å². The molecule has 2 heterocycles. The third-order valence-corrected chi connectivity index (χ3v) is 4.05. The van der Waals surface area contributed by atoms with Crippen LogP contribution in [0.2, 0.25) is 0 Å². The number of hydrogen-bond donors (Lipinski definition) is 2. The first-order valence-corrected chi connectivity index (χ1v) is 7.39. The van der Waals surface area contributed by atoms with E-state index in [1.165, 1.54) is 6.07 Å². The lowest BCUT2D eigenvalue weighted by Crippen LogP contribution is -2.22. The van der Waals surface area contributed by atoms with Crippen LogP contribution in [0.1, 0.15) is 22.5 Å². The first kappa shape index (κ1) is 20.5. The standard InChI is InChI=1S/C17H20N2O3.2ClH/c1-9-6-15(20)22-16-10(2)17-13(7-12(9)16)14(11(3)21-17)8-19-5-4-18;;/h6-7,19H,4-5,8,18H2,1-3H3;2*1H. The summed E-state index contributed by atoms with van der Waals surface area (Å²) in [5, 5.41) is 5.31. The van der Waals surface area contributed by atoms with E-state index in [1.807, 2.05) is 26.8 Å². The molecule has 0 radical (unpaired) electrons. The number of hydrogen-bond acceptors (Lipinski definition) is 5. The van der Waals surface area contributed by atoms with Crippen molar-refractivity contribution in [2.75, 3.05) is 13.1 Å². The molecule has 24 heavy (non-hydrogen) atoms. The van der Waals surface area contributed by atoms with Gasteiger partial charge in [-0.05, 0) is 32.4 Å². The molecule has 2 aromatic heterocycles. The van der Waals surface area contributed by atoms with Crippen molar-refractivity contribution in [3.05, 3.63) is 45.0 Å². The highest BCUT2D eigenvalue weighted by Gasteiger charge is 2.17. The molecule has 0 aliphatic heterocycles. The molecule has 3 aromatic rings. The van der Waals surface area contributed by atoms with Crippen LogP contribution in [-0.4, -0.2) is 13.1 Å². The number of benzene rings is 1. The van der Waals surface area contributed by atoms with E-state index >= 15 is 0 Å². The largest absolute Gasteiger partial charge is 0.461 e. The monoisotopic (exact) mass is 372 g/mol. The smallest absolute Gasteiger partial charge is 0.336 e. The Labute approximate surface area is 152 Å². The van der Waals surface area contributed by atoms with Gasteiger partial charge in [0.2, 0.25) is 0 Å². The van der Waals surface area contributed by atoms with Crippen LogP contribution in [0.15, 0.2) is 25.8 Å². The first-order chi connectivity index (χ1) is 10.5. The number of rotatable bonds is 4. The SMILES string of the molecule is Cc1oc2c(C)c3oc(=O)cc(C)c3cc2c1CNCCN.Cl.Cl. The van der Waals surface area contributed by atoms with Gasteiger partial charge in [-0.1, -0.05) is 0 Å². The maximum atomic E-state index is 11.6. The molecule has 0 aliphatic rings. The highest BCUT2D eigenvalue weighted by Crippen LogP contribution is 2.34. The van der Waals surface area contributed by atoms with Crippen LogP contribution in [0.3, 0.4) is 0 Å². The van der Waals surface area contributed by atoms with Gasteiger partial charge in [-0.2, -0.15) is 0 Å². The fourth-order valence-electron chi connectivity index (χ4n) is 2.89. The molecule has 0 unspecified atom stereocenters. The van der Waals surface area contributed by atoms with E-state index in [4.69, 9.17) is 14.6 Å². The Morgan fingerprint density at radius 1 is 1.04 bits per heavy atom. The summed E-state index contributed by atoms with van der Waals surface area (Å²) >= 11 is 0. The lowest BCUT2D eigenvalue weighted by molar-refractivity contribution is 0.549. The third-order valence-electron chi connectivity index (χ3n) is 4.05. The minimum Gasteiger partial charge on any atom is -0.461 e. The third kappa shape index (κ3) is 3.44. The molecular weight excluding hydrogens is 351 g/mol. The van der Waals surface area contributed by atoms with E-state index in [9.17, 15) is 4.79 Å². The molecule has 3 N–H and O–H groups in total. The van der Waals surface area contributed by atoms with E-state index < -0.39 is 0 Å². The quantitative estimate of drug-likeness (QED) is 0.541. The Morgan fingerprint density at radius 3 is 2.38 bits per heavy atom. The van der Waals surface area contributed by atoms with Gasteiger partial charge < -0.3 is 19.9 Å². The van der Waals surface area contributed by atoms with Crippen molar-refractivity contribution >= 4 is 46.8 Å². The second-order valence-corrected chi connectivity index (χ2v) is 5.61. The topological polar surface area (TPSA) is 81.4 Å². The zero-order valence-corrected chi connectivity index (χ0v) is 15.5. The maximum Gasteiger partial charge on any atom is 0.336 e. The summed E-state index contributed by atoms with van der Waals surface area (Å²) in [6, 6.07) is 3.57. The molecule has 0 saturated heterocycles. The predicted molar refractivity (Wildman–Crippen MR) is 102 cm³/mol. The Balaban J connectivity index is 0.00000144. The van der Waals surface area contributed by atoms with Gasteiger partial charge in [-0.25, -0.2) is 4.79 Å². The number of fused-ring (bicyclic) bond motifs is 2. The molecule has 0 atom stereocenters. The summed E-state index contributed by atoms with van der Waals surface area (Å²) in [7, 11) is 0. The van der Waals surface area contributed by atoms with E-state index in [-0.39, 0.29) is 30.4 Å². The van der Waals surface area contributed by atoms with Gasteiger partial charge in [-0.3, -0.25) is 0 Å². The highest BCUT2D eigenvalue weighted by atomic mass is 35.5. The highest BCUT2D eigenvalue weighted by molar-refractivity contribution is 5.99. The molecule has 0 bridgehead atoms. The van der Waals surface area contributed by atoms with Crippen molar-refractivity contribution in [3.63, 3.8) is 0 Å². The van der Waals surface area contributed by atoms with Crippen LogP contribution in [0.4, 0.5) is 0 Å². The Kier molecular flexibility index (Phi) is 6.86. The van der Waals surface area contributed by atoms with Crippen molar-refractivity contribution in [1.29, 1.82) is 0 Å². The van der Waals surface area contributed by atoms with Crippen molar-refractivity contribution in [2.45, 2.75) is 27.3 Å². The van der Waals surface area contributed by atoms with Gasteiger partial charge in [-0.15, -0.1) is 24.8 Å². The van der Waals surface area contributed by atoms with Crippen LogP contribution in [-0.2, 0) is 6.54 Å². The summed E-state index contributed by atoms with van der Waals surface area (Å²) in [6.45, 7) is 7.86. The van der Waals surface area contributed by atoms with Crippen molar-refractivity contribution in [3.8, 4) is 0 Å². The molecule has 5 nitrogen and oxygen atoms in total. The molecule has 132 valence electrons. The molecule has 3 rings (SSSR count). The van der Waals surface area contributed by atoms with Gasteiger partial charge >= 0.3 is 5.63 Å². The lowest BCUT2D eigenvalue weighted by atomic mass is 10.0. The van der Waals surface area contributed by atoms with Crippen LogP contribution in [0.5, 0.6) is 0 Å². The van der Waals surface area contributed by atoms with Gasteiger partial charge in [0.15, 0.2) is 0 Å². The van der Waals surface area contributed by atoms with Crippen LogP contribution in [0, 0.1) is 20.8 Å². The molecule has 7 heteroatoms. The summed E-state index contributed by atoms with van der Waals surface area (Å²) in [5.74, 6) is 0.873. The molecule has 0 aliphatic carbocycles. The molecule has 0 saturated carbocycles. The number of nitrogens with one attached hydrogen (secondary N) is 1. The van der Waals surface area contributed by atoms with Crippen LogP contribution in [0.25, 0.3) is 21.9 Å². The fraction of sp³-hybridized carbons (Fsp3) is 0.353. The van der Waals surface area contributed by atoms with Gasteiger partial charge in [0.1, 0.15) is 16.9 Å². The number of aryl methyl sites for hydroxylation is 3. The van der Waals surface area contributed by atoms with Crippen molar-refractivity contribution in [2.24, 2.45) is 5.73 Å². The zero-order chi connectivity index (χ0) is 15.9. The maximum absolute atomic E-state index is 11.6. The van der Waals surface area contributed by atoms with Crippen LogP contribution >= 0.6 is 24.8 Å². The van der Waals surface area contributed by atoms with Gasteiger partial charge in [0.05, 0.1) is 0 Å². The summed E-state index contributed by atoms with van der Waals surface area (Å²) in [4.78, 5) is 11.6. The molecule has 1 aromatic carbocycles. The molecular formula is C17H22Cl2N2O3. The Morgan fingerprint density at radius 2 is 1.71 bits per heavy atom.